The number of nitrogens with one attached hydrogen (secondary N) is 1. The molecule has 328 valence electrons. The van der Waals surface area contributed by atoms with E-state index in [2.05, 4.69) is 243 Å². The molecule has 67 heavy (non-hydrogen) atoms. The van der Waals surface area contributed by atoms with Gasteiger partial charge in [0.25, 0.3) is 0 Å². The summed E-state index contributed by atoms with van der Waals surface area (Å²) >= 11 is 4.73. The molecule has 2 aliphatic rings. The molecule has 0 radical (unpaired) electrons. The molecule has 8 aromatic rings. The number of imidazole rings is 1. The molecule has 1 heterocycles. The van der Waals surface area contributed by atoms with Gasteiger partial charge < -0.3 is 5.32 Å². The van der Waals surface area contributed by atoms with E-state index in [0.717, 1.165) is 61.8 Å². The smallest absolute Gasteiger partial charge is 0.145 e. The van der Waals surface area contributed by atoms with Crippen molar-refractivity contribution in [3.63, 3.8) is 0 Å². The lowest BCUT2D eigenvalue weighted by Gasteiger charge is -2.34. The molecule has 0 saturated heterocycles. The molecule has 0 saturated carbocycles. The number of benzene rings is 7. The van der Waals surface area contributed by atoms with Crippen molar-refractivity contribution >= 4 is 35.4 Å². The lowest BCUT2D eigenvalue weighted by Crippen LogP contribution is -2.28. The van der Waals surface area contributed by atoms with Gasteiger partial charge in [0.15, 0.2) is 0 Å². The van der Waals surface area contributed by atoms with Crippen molar-refractivity contribution in [3.05, 3.63) is 287 Å². The Bertz CT molecular complexity index is 3180. The molecule has 2 aliphatic carbocycles. The van der Waals surface area contributed by atoms with Crippen LogP contribution < -0.4 is 5.32 Å². The zero-order valence-corrected chi connectivity index (χ0v) is 39.2. The van der Waals surface area contributed by atoms with Crippen LogP contribution in [0, 0.1) is 5.92 Å². The molecule has 3 nitrogen and oxygen atoms in total. The van der Waals surface area contributed by atoms with E-state index in [1.807, 2.05) is 31.3 Å². The summed E-state index contributed by atoms with van der Waals surface area (Å²) in [5.41, 5.74) is 17.6. The number of thiol groups is 1. The molecule has 10 rings (SSSR count). The van der Waals surface area contributed by atoms with Crippen molar-refractivity contribution in [2.75, 3.05) is 12.4 Å². The van der Waals surface area contributed by atoms with Gasteiger partial charge in [0.05, 0.1) is 16.4 Å². The van der Waals surface area contributed by atoms with E-state index in [4.69, 9.17) is 17.6 Å². The number of para-hydroxylation sites is 3. The number of hydrogen-bond donors (Lipinski definition) is 2. The number of fused-ring (bicyclic) bond motifs is 4. The van der Waals surface area contributed by atoms with Crippen molar-refractivity contribution in [2.45, 2.75) is 25.7 Å². The maximum atomic E-state index is 4.98. The van der Waals surface area contributed by atoms with Crippen LogP contribution in [0.3, 0.4) is 0 Å². The Morgan fingerprint density at radius 2 is 1.36 bits per heavy atom. The largest absolute Gasteiger partial charge is 0.388 e. The number of hydrogen-bond acceptors (Lipinski definition) is 3. The maximum absolute atomic E-state index is 4.98. The van der Waals surface area contributed by atoms with Crippen molar-refractivity contribution in [2.24, 2.45) is 5.92 Å². The van der Waals surface area contributed by atoms with Crippen LogP contribution in [0.4, 0.5) is 5.69 Å². The summed E-state index contributed by atoms with van der Waals surface area (Å²) in [7, 11) is 1.98. The molecule has 0 fully saturated rings. The molecule has 1 aromatic heterocycles. The first-order valence-electron chi connectivity index (χ1n) is 23.0. The Morgan fingerprint density at radius 1 is 0.716 bits per heavy atom. The van der Waals surface area contributed by atoms with Gasteiger partial charge >= 0.3 is 0 Å². The van der Waals surface area contributed by atoms with E-state index in [0.29, 0.717) is 5.92 Å². The van der Waals surface area contributed by atoms with Crippen LogP contribution in [0.5, 0.6) is 0 Å². The number of nitrogens with zero attached hydrogens (tertiary/aromatic N) is 2. The van der Waals surface area contributed by atoms with E-state index in [1.54, 1.807) is 0 Å². The zero-order valence-electron chi connectivity index (χ0n) is 38.3. The standard InChI is InChI=1S/C37H34N2S.C26H21N/c1-4-10-30(28(3)17-26-36(40)31-21-15-27(2)16-22-31)23-18-29-19-24-32(25-20-29)37-38-34-13-8-9-14-35(34)39(37)33-11-6-5-7-12-33;1-27-21-16-17-23-22-14-8-9-15-24(22)26(25(23)18-21,19-10-4-2-5-11-19)20-12-6-3-7-13-20/h4-15,17-27,40H,1,16H2,2-3H3;2-18,27H,1H3/b23-18-,28-17+,30-10+,36-26-;. The molecule has 1 unspecified atom stereocenters. The molecule has 1 N–H and O–H groups in total. The number of aromatic nitrogens is 2. The van der Waals surface area contributed by atoms with Gasteiger partial charge in [0.2, 0.25) is 0 Å². The molecule has 0 bridgehead atoms. The summed E-state index contributed by atoms with van der Waals surface area (Å²) in [5, 5.41) is 3.32. The lowest BCUT2D eigenvalue weighted by molar-refractivity contribution is 0.733. The predicted octanol–water partition coefficient (Wildman–Crippen LogP) is 16.2. The first-order valence-corrected chi connectivity index (χ1v) is 23.5. The monoisotopic (exact) mass is 885 g/mol. The Balaban J connectivity index is 0.000000180. The van der Waals surface area contributed by atoms with Gasteiger partial charge in [-0.25, -0.2) is 4.98 Å². The molecule has 7 aromatic carbocycles. The van der Waals surface area contributed by atoms with Gasteiger partial charge in [-0.1, -0.05) is 208 Å². The highest BCUT2D eigenvalue weighted by Gasteiger charge is 2.46. The van der Waals surface area contributed by atoms with Crippen molar-refractivity contribution in [1.29, 1.82) is 0 Å². The minimum Gasteiger partial charge on any atom is -0.388 e. The van der Waals surface area contributed by atoms with Crippen LogP contribution in [-0.4, -0.2) is 16.6 Å². The van der Waals surface area contributed by atoms with Crippen LogP contribution in [0.2, 0.25) is 0 Å². The highest BCUT2D eigenvalue weighted by molar-refractivity contribution is 7.84. The highest BCUT2D eigenvalue weighted by Crippen LogP contribution is 2.56. The van der Waals surface area contributed by atoms with Gasteiger partial charge in [0, 0.05) is 28.9 Å². The predicted molar refractivity (Wildman–Crippen MR) is 289 cm³/mol. The Kier molecular flexibility index (Phi) is 13.5. The fourth-order valence-corrected chi connectivity index (χ4v) is 9.59. The molecular weight excluding hydrogens is 831 g/mol. The third-order valence-electron chi connectivity index (χ3n) is 12.8. The summed E-state index contributed by atoms with van der Waals surface area (Å²) in [6.07, 6.45) is 20.0. The summed E-state index contributed by atoms with van der Waals surface area (Å²) in [4.78, 5) is 5.95. The third kappa shape index (κ3) is 9.14. The molecule has 0 aliphatic heterocycles. The highest BCUT2D eigenvalue weighted by atomic mass is 32.1. The van der Waals surface area contributed by atoms with Crippen molar-refractivity contribution in [3.8, 4) is 28.2 Å². The third-order valence-corrected chi connectivity index (χ3v) is 13.2. The summed E-state index contributed by atoms with van der Waals surface area (Å²) in [6.45, 7) is 8.25. The van der Waals surface area contributed by atoms with E-state index >= 15 is 0 Å². The Labute approximate surface area is 401 Å². The minimum atomic E-state index is -0.304. The van der Waals surface area contributed by atoms with Gasteiger partial charge in [-0.2, -0.15) is 0 Å². The normalized spacial score (nSPS) is 15.4. The molecule has 4 heteroatoms. The van der Waals surface area contributed by atoms with Gasteiger partial charge in [-0.05, 0) is 117 Å². The average Bonchev–Trinajstić information content (AvgIpc) is 3.92. The van der Waals surface area contributed by atoms with E-state index < -0.39 is 0 Å². The zero-order chi connectivity index (χ0) is 46.2. The summed E-state index contributed by atoms with van der Waals surface area (Å²) in [5.74, 6) is 1.52. The number of allylic oxidation sites excluding steroid dienone is 11. The van der Waals surface area contributed by atoms with Crippen molar-refractivity contribution in [1.82, 2.24) is 9.55 Å². The first kappa shape index (κ1) is 44.5. The minimum absolute atomic E-state index is 0.304. The van der Waals surface area contributed by atoms with Gasteiger partial charge in [-0.15, -0.1) is 12.6 Å². The fourth-order valence-electron chi connectivity index (χ4n) is 9.35. The van der Waals surface area contributed by atoms with Gasteiger partial charge in [-0.3, -0.25) is 4.57 Å². The summed E-state index contributed by atoms with van der Waals surface area (Å²) < 4.78 is 2.22. The topological polar surface area (TPSA) is 29.9 Å². The van der Waals surface area contributed by atoms with E-state index in [9.17, 15) is 0 Å². The van der Waals surface area contributed by atoms with Crippen LogP contribution in [0.25, 0.3) is 45.3 Å². The van der Waals surface area contributed by atoms with Crippen LogP contribution in [-0.2, 0) is 5.41 Å². The Hall–Kier alpha value is -7.66. The van der Waals surface area contributed by atoms with E-state index in [-0.39, 0.29) is 5.41 Å². The second-order valence-corrected chi connectivity index (χ2v) is 17.6. The van der Waals surface area contributed by atoms with Crippen LogP contribution in [0.15, 0.2) is 259 Å². The molecular formula is C63H55N3S. The number of rotatable bonds is 11. The SMILES string of the molecule is C=C/C=C(\C=C/c1ccc(-c2nc3ccccc3n2-c2ccccc2)cc1)C(/C)=C/C=C(\S)C1=CCC(C)C=C1.CNc1ccc2c(c1)C(c1ccccc1)(c1ccccc1)c1ccccc1-2. The van der Waals surface area contributed by atoms with Crippen LogP contribution in [0.1, 0.15) is 48.1 Å². The lowest BCUT2D eigenvalue weighted by atomic mass is 9.67. The van der Waals surface area contributed by atoms with Gasteiger partial charge in [0.1, 0.15) is 5.82 Å². The van der Waals surface area contributed by atoms with Crippen LogP contribution >= 0.6 is 12.6 Å². The molecule has 0 amide bonds. The number of anilines is 1. The van der Waals surface area contributed by atoms with E-state index in [1.165, 1.54) is 39.0 Å². The first-order chi connectivity index (χ1) is 32.9. The average molecular weight is 886 g/mol. The second kappa shape index (κ2) is 20.2. The maximum Gasteiger partial charge on any atom is 0.145 e. The quantitative estimate of drug-likeness (QED) is 0.100. The second-order valence-electron chi connectivity index (χ2n) is 17.1. The summed E-state index contributed by atoms with van der Waals surface area (Å²) in [6, 6.07) is 64.6. The fraction of sp³-hybridized carbons (Fsp3) is 0.0952. The molecule has 1 atom stereocenters. The van der Waals surface area contributed by atoms with Crippen molar-refractivity contribution < 1.29 is 0 Å². The Morgan fingerprint density at radius 3 is 2.03 bits per heavy atom. The molecule has 0 spiro atoms.